The first kappa shape index (κ1) is 10.8. The molecule has 2 aromatic heterocycles. The zero-order valence-electron chi connectivity index (χ0n) is 8.98. The van der Waals surface area contributed by atoms with Crippen molar-refractivity contribution in [1.29, 1.82) is 0 Å². The Morgan fingerprint density at radius 1 is 1.62 bits per heavy atom. The van der Waals surface area contributed by atoms with Gasteiger partial charge in [0.1, 0.15) is 16.5 Å². The molecule has 0 spiro atoms. The summed E-state index contributed by atoms with van der Waals surface area (Å²) in [7, 11) is 1.34. The van der Waals surface area contributed by atoms with Crippen LogP contribution in [0, 0.1) is 6.92 Å². The molecular weight excluding hydrogens is 226 g/mol. The monoisotopic (exact) mass is 237 g/mol. The quantitative estimate of drug-likeness (QED) is 0.822. The van der Waals surface area contributed by atoms with Crippen LogP contribution >= 0.6 is 11.3 Å². The van der Waals surface area contributed by atoms with E-state index in [2.05, 4.69) is 19.7 Å². The minimum absolute atomic E-state index is 0.366. The zero-order valence-corrected chi connectivity index (χ0v) is 9.80. The normalized spacial score (nSPS) is 10.4. The molecule has 0 aliphatic rings. The van der Waals surface area contributed by atoms with E-state index in [0.717, 1.165) is 16.5 Å². The van der Waals surface area contributed by atoms with E-state index in [-0.39, 0.29) is 0 Å². The van der Waals surface area contributed by atoms with Crippen LogP contribution in [0.1, 0.15) is 27.0 Å². The zero-order chi connectivity index (χ0) is 11.5. The Kier molecular flexibility index (Phi) is 3.00. The Balaban J connectivity index is 2.11. The number of H-pyrrole nitrogens is 1. The fraction of sp³-hybridized carbons (Fsp3) is 0.300. The average molecular weight is 237 g/mol. The number of hydrogen-bond acceptors (Lipinski definition) is 5. The Hall–Kier alpha value is -1.69. The number of hydrogen-bond donors (Lipinski definition) is 1. The molecule has 0 bridgehead atoms. The fourth-order valence-electron chi connectivity index (χ4n) is 1.29. The second kappa shape index (κ2) is 4.44. The van der Waals surface area contributed by atoms with Crippen molar-refractivity contribution in [3.8, 4) is 0 Å². The Morgan fingerprint density at radius 2 is 2.44 bits per heavy atom. The summed E-state index contributed by atoms with van der Waals surface area (Å²) in [6, 6.07) is 0. The lowest BCUT2D eigenvalue weighted by Gasteiger charge is -1.93. The Labute approximate surface area is 96.5 Å². The van der Waals surface area contributed by atoms with E-state index < -0.39 is 5.97 Å². The summed E-state index contributed by atoms with van der Waals surface area (Å²) >= 11 is 1.58. The fourth-order valence-corrected chi connectivity index (χ4v) is 2.07. The van der Waals surface area contributed by atoms with Crippen LogP contribution in [0.5, 0.6) is 0 Å². The van der Waals surface area contributed by atoms with Gasteiger partial charge in [0, 0.05) is 11.1 Å². The van der Waals surface area contributed by atoms with Crippen molar-refractivity contribution >= 4 is 17.3 Å². The average Bonchev–Trinajstić information content (AvgIpc) is 2.87. The number of nitrogens with one attached hydrogen (secondary N) is 1. The van der Waals surface area contributed by atoms with Gasteiger partial charge >= 0.3 is 5.97 Å². The lowest BCUT2D eigenvalue weighted by atomic mass is 10.4. The number of methoxy groups -OCH3 is 1. The topological polar surface area (TPSA) is 67.9 Å². The van der Waals surface area contributed by atoms with E-state index in [1.807, 2.05) is 12.3 Å². The number of imidazole rings is 1. The molecule has 0 unspecified atom stereocenters. The molecule has 1 N–H and O–H groups in total. The molecule has 2 rings (SSSR count). The summed E-state index contributed by atoms with van der Waals surface area (Å²) in [5, 5.41) is 2.96. The van der Waals surface area contributed by atoms with Gasteiger partial charge in [-0.15, -0.1) is 11.3 Å². The van der Waals surface area contributed by atoms with Crippen molar-refractivity contribution in [2.45, 2.75) is 13.3 Å². The maximum atomic E-state index is 11.2. The van der Waals surface area contributed by atoms with Crippen LogP contribution in [0.3, 0.4) is 0 Å². The predicted molar refractivity (Wildman–Crippen MR) is 59.6 cm³/mol. The van der Waals surface area contributed by atoms with Crippen molar-refractivity contribution in [3.63, 3.8) is 0 Å². The standard InChI is InChI=1S/C10H11N3O2S/c1-6-5-16-9(12-6)3-8-11-4-7(13-8)10(14)15-2/h4-5H,3H2,1-2H3,(H,11,13). The van der Waals surface area contributed by atoms with Crippen LogP contribution < -0.4 is 0 Å². The smallest absolute Gasteiger partial charge is 0.356 e. The number of carbonyl (C=O) groups is 1. The van der Waals surface area contributed by atoms with Crippen LogP contribution in [-0.2, 0) is 11.2 Å². The third-order valence-electron chi connectivity index (χ3n) is 2.02. The molecule has 5 nitrogen and oxygen atoms in total. The maximum Gasteiger partial charge on any atom is 0.356 e. The first-order valence-corrected chi connectivity index (χ1v) is 5.60. The highest BCUT2D eigenvalue weighted by atomic mass is 32.1. The summed E-state index contributed by atoms with van der Waals surface area (Å²) in [6.07, 6.45) is 2.08. The van der Waals surface area contributed by atoms with Gasteiger partial charge in [-0.3, -0.25) is 0 Å². The number of thiazole rings is 1. The van der Waals surface area contributed by atoms with Crippen molar-refractivity contribution < 1.29 is 9.53 Å². The molecule has 0 saturated heterocycles. The van der Waals surface area contributed by atoms with Gasteiger partial charge < -0.3 is 9.72 Å². The molecular formula is C10H11N3O2S. The molecule has 16 heavy (non-hydrogen) atoms. The first-order chi connectivity index (χ1) is 7.69. The summed E-state index contributed by atoms with van der Waals surface area (Å²) in [4.78, 5) is 22.5. The lowest BCUT2D eigenvalue weighted by molar-refractivity contribution is 0.0594. The van der Waals surface area contributed by atoms with E-state index in [4.69, 9.17) is 0 Å². The molecule has 0 atom stereocenters. The van der Waals surface area contributed by atoms with Crippen LogP contribution in [-0.4, -0.2) is 28.0 Å². The van der Waals surface area contributed by atoms with Crippen LogP contribution in [0.4, 0.5) is 0 Å². The molecule has 6 heteroatoms. The van der Waals surface area contributed by atoms with E-state index in [9.17, 15) is 4.79 Å². The molecule has 0 aliphatic carbocycles. The molecule has 0 fully saturated rings. The molecule has 0 saturated carbocycles. The summed E-state index contributed by atoms with van der Waals surface area (Å²) < 4.78 is 4.58. The number of ether oxygens (including phenoxy) is 1. The van der Waals surface area contributed by atoms with Crippen molar-refractivity contribution in [2.24, 2.45) is 0 Å². The molecule has 0 radical (unpaired) electrons. The number of aryl methyl sites for hydroxylation is 1. The predicted octanol–water partition coefficient (Wildman–Crippen LogP) is 1.55. The van der Waals surface area contributed by atoms with Crippen molar-refractivity contribution in [1.82, 2.24) is 15.0 Å². The highest BCUT2D eigenvalue weighted by Gasteiger charge is 2.10. The highest BCUT2D eigenvalue weighted by Crippen LogP contribution is 2.12. The van der Waals surface area contributed by atoms with E-state index in [1.54, 1.807) is 11.3 Å². The van der Waals surface area contributed by atoms with Gasteiger partial charge in [0.25, 0.3) is 0 Å². The van der Waals surface area contributed by atoms with Gasteiger partial charge in [0.05, 0.1) is 19.7 Å². The summed E-state index contributed by atoms with van der Waals surface area (Å²) in [6.45, 7) is 1.95. The first-order valence-electron chi connectivity index (χ1n) is 4.72. The van der Waals surface area contributed by atoms with Crippen molar-refractivity contribution in [3.05, 3.63) is 33.8 Å². The summed E-state index contributed by atoms with van der Waals surface area (Å²) in [5.74, 6) is 0.309. The van der Waals surface area contributed by atoms with Gasteiger partial charge in [-0.1, -0.05) is 0 Å². The minimum atomic E-state index is -0.408. The van der Waals surface area contributed by atoms with Crippen LogP contribution in [0.15, 0.2) is 11.6 Å². The van der Waals surface area contributed by atoms with Gasteiger partial charge in [-0.05, 0) is 6.92 Å². The molecule has 2 heterocycles. The Bertz CT molecular complexity index is 504. The number of carbonyl (C=O) groups excluding carboxylic acids is 1. The van der Waals surface area contributed by atoms with E-state index in [0.29, 0.717) is 12.1 Å². The third kappa shape index (κ3) is 2.27. The van der Waals surface area contributed by atoms with Gasteiger partial charge in [-0.25, -0.2) is 14.8 Å². The molecule has 84 valence electrons. The molecule has 0 aliphatic heterocycles. The second-order valence-electron chi connectivity index (χ2n) is 3.29. The number of aromatic amines is 1. The van der Waals surface area contributed by atoms with Crippen LogP contribution in [0.2, 0.25) is 0 Å². The van der Waals surface area contributed by atoms with Crippen LogP contribution in [0.25, 0.3) is 0 Å². The molecule has 2 aromatic rings. The number of rotatable bonds is 3. The molecule has 0 aromatic carbocycles. The number of aromatic nitrogens is 3. The highest BCUT2D eigenvalue weighted by molar-refractivity contribution is 7.09. The summed E-state index contributed by atoms with van der Waals surface area (Å²) in [5.41, 5.74) is 1.37. The number of nitrogens with zero attached hydrogens (tertiary/aromatic N) is 2. The van der Waals surface area contributed by atoms with E-state index >= 15 is 0 Å². The Morgan fingerprint density at radius 3 is 3.06 bits per heavy atom. The van der Waals surface area contributed by atoms with Gasteiger partial charge in [-0.2, -0.15) is 0 Å². The largest absolute Gasteiger partial charge is 0.464 e. The second-order valence-corrected chi connectivity index (χ2v) is 4.24. The SMILES string of the molecule is COC(=O)c1cnc(Cc2nc(C)cs2)[nH]1. The molecule has 0 amide bonds. The maximum absolute atomic E-state index is 11.2. The van der Waals surface area contributed by atoms with Gasteiger partial charge in [0.2, 0.25) is 0 Å². The van der Waals surface area contributed by atoms with E-state index in [1.165, 1.54) is 13.3 Å². The minimum Gasteiger partial charge on any atom is -0.464 e. The third-order valence-corrected chi connectivity index (χ3v) is 2.99. The van der Waals surface area contributed by atoms with Gasteiger partial charge in [0.15, 0.2) is 0 Å². The van der Waals surface area contributed by atoms with Crippen molar-refractivity contribution in [2.75, 3.05) is 7.11 Å². The lowest BCUT2D eigenvalue weighted by Crippen LogP contribution is -2.01. The number of esters is 1.